The molecule has 1 heterocycles. The smallest absolute Gasteiger partial charge is 0.238 e. The van der Waals surface area contributed by atoms with Crippen LogP contribution in [0.2, 0.25) is 0 Å². The van der Waals surface area contributed by atoms with Crippen LogP contribution in [0.1, 0.15) is 37.7 Å². The predicted molar refractivity (Wildman–Crippen MR) is 96.6 cm³/mol. The molecule has 3 N–H and O–H groups in total. The summed E-state index contributed by atoms with van der Waals surface area (Å²) in [5, 5.41) is 7.94. The number of likely N-dealkylation sites (tertiary alicyclic amines) is 1. The Labute approximate surface area is 154 Å². The van der Waals surface area contributed by atoms with E-state index in [0.29, 0.717) is 25.8 Å². The number of carbonyl (C=O) groups excluding carboxylic acids is 2. The van der Waals surface area contributed by atoms with Gasteiger partial charge >= 0.3 is 0 Å². The first kappa shape index (κ1) is 18.8. The Balaban J connectivity index is 1.51. The van der Waals surface area contributed by atoms with E-state index < -0.39 is 15.4 Å². The number of hydrogen-bond donors (Lipinski definition) is 2. The van der Waals surface area contributed by atoms with Gasteiger partial charge in [-0.05, 0) is 56.2 Å². The molecule has 7 nitrogen and oxygen atoms in total. The Morgan fingerprint density at radius 3 is 2.23 bits per heavy atom. The number of hydrogen-bond acceptors (Lipinski definition) is 4. The maximum Gasteiger partial charge on any atom is 0.238 e. The van der Waals surface area contributed by atoms with Gasteiger partial charge in [-0.1, -0.05) is 12.1 Å². The molecular formula is C18H25N3O4S. The minimum atomic E-state index is -3.70. The van der Waals surface area contributed by atoms with Crippen LogP contribution >= 0.6 is 0 Å². The molecule has 0 aromatic heterocycles. The maximum atomic E-state index is 12.7. The normalized spacial score (nSPS) is 19.0. The summed E-state index contributed by atoms with van der Waals surface area (Å²) < 4.78 is 22.5. The lowest BCUT2D eigenvalue weighted by Crippen LogP contribution is -2.47. The number of piperidine rings is 1. The van der Waals surface area contributed by atoms with Crippen molar-refractivity contribution in [3.63, 3.8) is 0 Å². The van der Waals surface area contributed by atoms with Crippen LogP contribution < -0.4 is 10.5 Å². The van der Waals surface area contributed by atoms with Gasteiger partial charge in [0.05, 0.1) is 4.90 Å². The van der Waals surface area contributed by atoms with Gasteiger partial charge < -0.3 is 10.2 Å². The molecule has 0 unspecified atom stereocenters. The molecule has 1 aromatic rings. The first-order valence-corrected chi connectivity index (χ1v) is 10.6. The molecule has 8 heteroatoms. The summed E-state index contributed by atoms with van der Waals surface area (Å²) >= 11 is 0. The molecule has 0 radical (unpaired) electrons. The van der Waals surface area contributed by atoms with E-state index >= 15 is 0 Å². The Morgan fingerprint density at radius 2 is 1.69 bits per heavy atom. The van der Waals surface area contributed by atoms with Crippen molar-refractivity contribution in [1.82, 2.24) is 10.2 Å². The third kappa shape index (κ3) is 4.07. The average Bonchev–Trinajstić information content (AvgIpc) is 3.43. The molecule has 0 atom stereocenters. The quantitative estimate of drug-likeness (QED) is 0.712. The number of sulfonamides is 1. The van der Waals surface area contributed by atoms with Crippen LogP contribution in [-0.2, 0) is 26.0 Å². The molecule has 2 aliphatic rings. The highest BCUT2D eigenvalue weighted by Gasteiger charge is 2.57. The van der Waals surface area contributed by atoms with E-state index in [1.165, 1.54) is 12.1 Å². The summed E-state index contributed by atoms with van der Waals surface area (Å²) in [7, 11) is -3.70. The van der Waals surface area contributed by atoms with Crippen molar-refractivity contribution in [1.29, 1.82) is 0 Å². The molecule has 1 saturated carbocycles. The fourth-order valence-electron chi connectivity index (χ4n) is 3.40. The predicted octanol–water partition coefficient (Wildman–Crippen LogP) is 0.785. The number of rotatable bonds is 6. The summed E-state index contributed by atoms with van der Waals surface area (Å²) in [5.74, 6) is -0.207. The van der Waals surface area contributed by atoms with E-state index in [-0.39, 0.29) is 16.7 Å². The minimum absolute atomic E-state index is 0.0211. The van der Waals surface area contributed by atoms with Crippen molar-refractivity contribution in [3.05, 3.63) is 29.8 Å². The van der Waals surface area contributed by atoms with E-state index in [0.717, 1.165) is 37.9 Å². The molecule has 142 valence electrons. The summed E-state index contributed by atoms with van der Waals surface area (Å²) in [4.78, 5) is 27.1. The first-order valence-electron chi connectivity index (χ1n) is 9.02. The van der Waals surface area contributed by atoms with Crippen molar-refractivity contribution < 1.29 is 18.0 Å². The van der Waals surface area contributed by atoms with Gasteiger partial charge in [0.2, 0.25) is 21.8 Å². The number of nitrogens with zero attached hydrogens (tertiary/aromatic N) is 1. The van der Waals surface area contributed by atoms with Crippen molar-refractivity contribution >= 4 is 21.8 Å². The van der Waals surface area contributed by atoms with Gasteiger partial charge in [-0.25, -0.2) is 13.6 Å². The van der Waals surface area contributed by atoms with Crippen LogP contribution in [0.15, 0.2) is 29.2 Å². The topological polar surface area (TPSA) is 110 Å². The summed E-state index contributed by atoms with van der Waals surface area (Å²) in [6.45, 7) is 1.91. The Kier molecular flexibility index (Phi) is 5.34. The van der Waals surface area contributed by atoms with E-state index in [1.807, 2.05) is 4.90 Å². The van der Waals surface area contributed by atoms with Crippen LogP contribution in [0.3, 0.4) is 0 Å². The van der Waals surface area contributed by atoms with Crippen LogP contribution in [-0.4, -0.2) is 44.8 Å². The van der Waals surface area contributed by atoms with Crippen molar-refractivity contribution in [2.24, 2.45) is 10.6 Å². The number of nitrogens with one attached hydrogen (secondary N) is 1. The second-order valence-electron chi connectivity index (χ2n) is 7.13. The monoisotopic (exact) mass is 379 g/mol. The summed E-state index contributed by atoms with van der Waals surface area (Å²) in [5.41, 5.74) is 0.0411. The molecule has 1 aromatic carbocycles. The lowest BCUT2D eigenvalue weighted by atomic mass is 10.0. The number of amides is 2. The molecule has 2 amide bonds. The molecule has 2 fully saturated rings. The lowest BCUT2D eigenvalue weighted by Gasteiger charge is -2.30. The lowest BCUT2D eigenvalue weighted by molar-refractivity contribution is -0.144. The SMILES string of the molecule is NS(=O)(=O)c1ccc(CCNC(=O)C2(C(=O)N3CCCCC3)CC2)cc1. The highest BCUT2D eigenvalue weighted by molar-refractivity contribution is 7.89. The van der Waals surface area contributed by atoms with Crippen LogP contribution in [0.5, 0.6) is 0 Å². The van der Waals surface area contributed by atoms with Crippen molar-refractivity contribution in [3.8, 4) is 0 Å². The Morgan fingerprint density at radius 1 is 1.08 bits per heavy atom. The Bertz CT molecular complexity index is 779. The molecule has 1 aliphatic carbocycles. The van der Waals surface area contributed by atoms with E-state index in [1.54, 1.807) is 12.1 Å². The molecule has 1 aliphatic heterocycles. The van der Waals surface area contributed by atoms with Crippen molar-refractivity contribution in [2.45, 2.75) is 43.4 Å². The third-order valence-electron chi connectivity index (χ3n) is 5.19. The van der Waals surface area contributed by atoms with Crippen LogP contribution in [0.25, 0.3) is 0 Å². The number of nitrogens with two attached hydrogens (primary N) is 1. The Hall–Kier alpha value is -1.93. The molecule has 26 heavy (non-hydrogen) atoms. The third-order valence-corrected chi connectivity index (χ3v) is 6.12. The molecule has 3 rings (SSSR count). The van der Waals surface area contributed by atoms with Crippen molar-refractivity contribution in [2.75, 3.05) is 19.6 Å². The molecule has 0 bridgehead atoms. The van der Waals surface area contributed by atoms with Gasteiger partial charge in [0, 0.05) is 19.6 Å². The fraction of sp³-hybridized carbons (Fsp3) is 0.556. The maximum absolute atomic E-state index is 12.7. The van der Waals surface area contributed by atoms with E-state index in [9.17, 15) is 18.0 Å². The molecule has 0 spiro atoms. The largest absolute Gasteiger partial charge is 0.355 e. The standard InChI is InChI=1S/C18H25N3O4S/c19-26(24,25)15-6-4-14(5-7-15)8-11-20-16(22)18(9-10-18)17(23)21-12-2-1-3-13-21/h4-7H,1-3,8-13H2,(H,20,22)(H2,19,24,25). The summed E-state index contributed by atoms with van der Waals surface area (Å²) in [6.07, 6.45) is 4.97. The number of carbonyl (C=O) groups is 2. The van der Waals surface area contributed by atoms with E-state index in [4.69, 9.17) is 5.14 Å². The molecular weight excluding hydrogens is 354 g/mol. The average molecular weight is 379 g/mol. The zero-order valence-electron chi connectivity index (χ0n) is 14.7. The number of primary sulfonamides is 1. The highest BCUT2D eigenvalue weighted by Crippen LogP contribution is 2.47. The number of benzene rings is 1. The zero-order valence-corrected chi connectivity index (χ0v) is 15.6. The van der Waals surface area contributed by atoms with Gasteiger partial charge in [0.25, 0.3) is 0 Å². The zero-order chi connectivity index (χ0) is 18.8. The minimum Gasteiger partial charge on any atom is -0.355 e. The van der Waals surface area contributed by atoms with Crippen LogP contribution in [0.4, 0.5) is 0 Å². The van der Waals surface area contributed by atoms with Gasteiger partial charge in [-0.3, -0.25) is 9.59 Å². The van der Waals surface area contributed by atoms with Crippen LogP contribution in [0, 0.1) is 5.41 Å². The summed E-state index contributed by atoms with van der Waals surface area (Å²) in [6, 6.07) is 6.26. The first-order chi connectivity index (χ1) is 12.3. The van der Waals surface area contributed by atoms with Gasteiger partial charge in [-0.15, -0.1) is 0 Å². The van der Waals surface area contributed by atoms with Gasteiger partial charge in [0.15, 0.2) is 0 Å². The molecule has 1 saturated heterocycles. The fourth-order valence-corrected chi connectivity index (χ4v) is 3.91. The van der Waals surface area contributed by atoms with E-state index in [2.05, 4.69) is 5.32 Å². The van der Waals surface area contributed by atoms with Gasteiger partial charge in [0.1, 0.15) is 5.41 Å². The second-order valence-corrected chi connectivity index (χ2v) is 8.69. The van der Waals surface area contributed by atoms with Gasteiger partial charge in [-0.2, -0.15) is 0 Å². The second kappa shape index (κ2) is 7.36. The highest BCUT2D eigenvalue weighted by atomic mass is 32.2.